The molecule has 0 bridgehead atoms. The van der Waals surface area contributed by atoms with E-state index in [9.17, 15) is 9.59 Å². The van der Waals surface area contributed by atoms with Crippen LogP contribution in [0.4, 0.5) is 4.79 Å². The molecule has 24 heavy (non-hydrogen) atoms. The summed E-state index contributed by atoms with van der Waals surface area (Å²) in [5.41, 5.74) is 0.851. The molecule has 1 aliphatic rings. The van der Waals surface area contributed by atoms with E-state index in [4.69, 9.17) is 20.9 Å². The summed E-state index contributed by atoms with van der Waals surface area (Å²) in [6, 6.07) is 9.04. The summed E-state index contributed by atoms with van der Waals surface area (Å²) in [4.78, 5) is 25.1. The van der Waals surface area contributed by atoms with Crippen molar-refractivity contribution in [3.8, 4) is 0 Å². The second-order valence-corrected chi connectivity index (χ2v) is 6.42. The van der Waals surface area contributed by atoms with Gasteiger partial charge in [0.25, 0.3) is 5.56 Å². The molecule has 0 saturated carbocycles. The number of amides is 1. The van der Waals surface area contributed by atoms with Gasteiger partial charge in [0.2, 0.25) is 0 Å². The van der Waals surface area contributed by atoms with Gasteiger partial charge in [-0.2, -0.15) is 5.16 Å². The van der Waals surface area contributed by atoms with Crippen LogP contribution in [0.25, 0.3) is 0 Å². The van der Waals surface area contributed by atoms with E-state index in [2.05, 4.69) is 5.16 Å². The van der Waals surface area contributed by atoms with E-state index in [-0.39, 0.29) is 23.6 Å². The summed E-state index contributed by atoms with van der Waals surface area (Å²) in [6.45, 7) is 0.560. The molecule has 6 nitrogen and oxygen atoms in total. The predicted molar refractivity (Wildman–Crippen MR) is 89.4 cm³/mol. The number of nitrogens with one attached hydrogen (secondary N) is 1. The first-order valence-electron chi connectivity index (χ1n) is 7.84. The van der Waals surface area contributed by atoms with E-state index in [1.165, 1.54) is 13.2 Å². The predicted octanol–water partition coefficient (Wildman–Crippen LogP) is 3.18. The van der Waals surface area contributed by atoms with Gasteiger partial charge in [-0.1, -0.05) is 23.7 Å². The SMILES string of the molecule is COC(=O)N1CC[C@H](c2cc(=O)[nH]o2)C[C@@H]1Cc1ccc(Cl)cc1. The molecular weight excluding hydrogens is 332 g/mol. The third kappa shape index (κ3) is 3.64. The van der Waals surface area contributed by atoms with Crippen molar-refractivity contribution in [3.05, 3.63) is 57.0 Å². The molecule has 3 rings (SSSR count). The van der Waals surface area contributed by atoms with Crippen molar-refractivity contribution in [2.75, 3.05) is 13.7 Å². The number of piperidine rings is 1. The third-order valence-corrected chi connectivity index (χ3v) is 4.71. The smallest absolute Gasteiger partial charge is 0.409 e. The molecule has 0 aliphatic carbocycles. The van der Waals surface area contributed by atoms with Gasteiger partial charge in [-0.3, -0.25) is 4.79 Å². The van der Waals surface area contributed by atoms with Gasteiger partial charge in [0, 0.05) is 29.6 Å². The number of benzene rings is 1. The molecule has 7 heteroatoms. The van der Waals surface area contributed by atoms with Crippen molar-refractivity contribution >= 4 is 17.7 Å². The van der Waals surface area contributed by atoms with E-state index in [1.807, 2.05) is 24.3 Å². The van der Waals surface area contributed by atoms with Crippen molar-refractivity contribution in [2.45, 2.75) is 31.2 Å². The molecule has 1 aliphatic heterocycles. The molecule has 1 aromatic heterocycles. The Morgan fingerprint density at radius 2 is 2.17 bits per heavy atom. The highest BCUT2D eigenvalue weighted by molar-refractivity contribution is 6.30. The first kappa shape index (κ1) is 16.6. The Kier molecular flexibility index (Phi) is 4.94. The number of ether oxygens (including phenoxy) is 1. The van der Waals surface area contributed by atoms with E-state index in [0.29, 0.717) is 30.2 Å². The van der Waals surface area contributed by atoms with Crippen LogP contribution in [0.15, 0.2) is 39.6 Å². The second kappa shape index (κ2) is 7.13. The highest BCUT2D eigenvalue weighted by Crippen LogP contribution is 2.33. The number of likely N-dealkylation sites (tertiary alicyclic amines) is 1. The van der Waals surface area contributed by atoms with Crippen molar-refractivity contribution in [1.29, 1.82) is 0 Å². The van der Waals surface area contributed by atoms with Gasteiger partial charge >= 0.3 is 6.09 Å². The van der Waals surface area contributed by atoms with E-state index in [0.717, 1.165) is 12.0 Å². The van der Waals surface area contributed by atoms with Crippen molar-refractivity contribution in [3.63, 3.8) is 0 Å². The fourth-order valence-corrected chi connectivity index (χ4v) is 3.38. The maximum atomic E-state index is 12.1. The minimum atomic E-state index is -0.331. The van der Waals surface area contributed by atoms with Crippen LogP contribution in [0.2, 0.25) is 5.02 Å². The minimum Gasteiger partial charge on any atom is -0.453 e. The number of aromatic amines is 1. The van der Waals surface area contributed by atoms with Crippen LogP contribution in [-0.4, -0.2) is 35.8 Å². The summed E-state index contributed by atoms with van der Waals surface area (Å²) in [7, 11) is 1.39. The lowest BCUT2D eigenvalue weighted by Crippen LogP contribution is -2.46. The van der Waals surface area contributed by atoms with Crippen LogP contribution < -0.4 is 5.56 Å². The average Bonchev–Trinajstić information content (AvgIpc) is 3.03. The Hall–Kier alpha value is -2.21. The number of methoxy groups -OCH3 is 1. The molecule has 1 saturated heterocycles. The van der Waals surface area contributed by atoms with Crippen molar-refractivity contribution < 1.29 is 14.1 Å². The molecule has 1 fully saturated rings. The van der Waals surface area contributed by atoms with Crippen LogP contribution >= 0.6 is 11.6 Å². The zero-order valence-electron chi connectivity index (χ0n) is 13.3. The Bertz CT molecular complexity index is 752. The second-order valence-electron chi connectivity index (χ2n) is 5.98. The van der Waals surface area contributed by atoms with Gasteiger partial charge < -0.3 is 14.2 Å². The molecule has 0 radical (unpaired) electrons. The fourth-order valence-electron chi connectivity index (χ4n) is 3.25. The van der Waals surface area contributed by atoms with Crippen molar-refractivity contribution in [2.24, 2.45) is 0 Å². The number of aromatic nitrogens is 1. The lowest BCUT2D eigenvalue weighted by molar-refractivity contribution is 0.0817. The summed E-state index contributed by atoms with van der Waals surface area (Å²) >= 11 is 5.93. The topological polar surface area (TPSA) is 75.5 Å². The number of carbonyl (C=O) groups is 1. The zero-order chi connectivity index (χ0) is 17.1. The molecule has 1 amide bonds. The van der Waals surface area contributed by atoms with Gasteiger partial charge in [0.15, 0.2) is 0 Å². The Morgan fingerprint density at radius 1 is 1.42 bits per heavy atom. The number of rotatable bonds is 3. The minimum absolute atomic E-state index is 0.0300. The summed E-state index contributed by atoms with van der Waals surface area (Å²) in [5.74, 6) is 0.743. The number of hydrogen-bond donors (Lipinski definition) is 1. The molecule has 2 aromatic rings. The number of H-pyrrole nitrogens is 1. The number of nitrogens with zero attached hydrogens (tertiary/aromatic N) is 1. The van der Waals surface area contributed by atoms with Gasteiger partial charge in [-0.05, 0) is 37.0 Å². The van der Waals surface area contributed by atoms with Gasteiger partial charge in [0.1, 0.15) is 5.76 Å². The first-order chi connectivity index (χ1) is 11.6. The zero-order valence-corrected chi connectivity index (χ0v) is 14.1. The largest absolute Gasteiger partial charge is 0.453 e. The monoisotopic (exact) mass is 350 g/mol. The summed E-state index contributed by atoms with van der Waals surface area (Å²) < 4.78 is 10.2. The van der Waals surface area contributed by atoms with Crippen LogP contribution in [-0.2, 0) is 11.2 Å². The molecular formula is C17H19ClN2O4. The normalized spacial score (nSPS) is 20.8. The highest BCUT2D eigenvalue weighted by Gasteiger charge is 2.34. The molecule has 1 N–H and O–H groups in total. The molecule has 2 heterocycles. The Morgan fingerprint density at radius 3 is 2.79 bits per heavy atom. The molecule has 128 valence electrons. The fraction of sp³-hybridized carbons (Fsp3) is 0.412. The quantitative estimate of drug-likeness (QED) is 0.922. The number of carbonyl (C=O) groups excluding carboxylic acids is 1. The van der Waals surface area contributed by atoms with E-state index < -0.39 is 0 Å². The summed E-state index contributed by atoms with van der Waals surface area (Å²) in [5, 5.41) is 3.01. The maximum Gasteiger partial charge on any atom is 0.409 e. The third-order valence-electron chi connectivity index (χ3n) is 4.45. The van der Waals surface area contributed by atoms with Gasteiger partial charge in [-0.15, -0.1) is 0 Å². The molecule has 2 atom stereocenters. The molecule has 1 aromatic carbocycles. The standard InChI is InChI=1S/C17H19ClN2O4/c1-23-17(22)20-7-6-12(15-10-16(21)19-24-15)9-14(20)8-11-2-4-13(18)5-3-11/h2-5,10,12,14H,6-9H2,1H3,(H,19,21)/t12-,14-/m0/s1. The average molecular weight is 351 g/mol. The highest BCUT2D eigenvalue weighted by atomic mass is 35.5. The van der Waals surface area contributed by atoms with E-state index in [1.54, 1.807) is 4.90 Å². The Balaban J connectivity index is 1.79. The van der Waals surface area contributed by atoms with Crippen LogP contribution in [0.3, 0.4) is 0 Å². The van der Waals surface area contributed by atoms with Crippen LogP contribution in [0.5, 0.6) is 0 Å². The van der Waals surface area contributed by atoms with Crippen LogP contribution in [0.1, 0.15) is 30.1 Å². The summed E-state index contributed by atoms with van der Waals surface area (Å²) in [6.07, 6.45) is 1.80. The first-order valence-corrected chi connectivity index (χ1v) is 8.22. The Labute approximate surface area is 144 Å². The lowest BCUT2D eigenvalue weighted by atomic mass is 9.86. The van der Waals surface area contributed by atoms with Gasteiger partial charge in [0.05, 0.1) is 7.11 Å². The lowest BCUT2D eigenvalue weighted by Gasteiger charge is -2.38. The van der Waals surface area contributed by atoms with E-state index >= 15 is 0 Å². The maximum absolute atomic E-state index is 12.1. The molecule has 0 unspecified atom stereocenters. The number of hydrogen-bond acceptors (Lipinski definition) is 4. The van der Waals surface area contributed by atoms with Crippen molar-refractivity contribution in [1.82, 2.24) is 10.1 Å². The molecule has 0 spiro atoms. The van der Waals surface area contributed by atoms with Gasteiger partial charge in [-0.25, -0.2) is 4.79 Å². The number of halogens is 1. The van der Waals surface area contributed by atoms with Crippen LogP contribution in [0, 0.1) is 0 Å².